The highest BCUT2D eigenvalue weighted by Gasteiger charge is 2.22. The van der Waals surface area contributed by atoms with Crippen LogP contribution in [0.25, 0.3) is 0 Å². The quantitative estimate of drug-likeness (QED) is 0.557. The average Bonchev–Trinajstić information content (AvgIpc) is 2.22. The first-order valence-corrected chi connectivity index (χ1v) is 5.35. The third kappa shape index (κ3) is 6.69. The molecular weight excluding hydrogens is 244 g/mol. The van der Waals surface area contributed by atoms with Crippen molar-refractivity contribution in [3.05, 3.63) is 0 Å². The van der Waals surface area contributed by atoms with Crippen molar-refractivity contribution in [2.24, 2.45) is 0 Å². The Balaban J connectivity index is 4.52. The fourth-order valence-electron chi connectivity index (χ4n) is 1.24. The summed E-state index contributed by atoms with van der Waals surface area (Å²) in [5.41, 5.74) is 0. The van der Waals surface area contributed by atoms with E-state index in [1.165, 1.54) is 11.9 Å². The molecule has 0 saturated heterocycles. The summed E-state index contributed by atoms with van der Waals surface area (Å²) in [6.45, 7) is 0.422. The predicted molar refractivity (Wildman–Crippen MR) is 61.2 cm³/mol. The van der Waals surface area contributed by atoms with Gasteiger partial charge in [0, 0.05) is 13.6 Å². The molecule has 2 amide bonds. The van der Waals surface area contributed by atoms with Crippen LogP contribution in [0, 0.1) is 0 Å². The summed E-state index contributed by atoms with van der Waals surface area (Å²) in [5, 5.41) is 26.3. The Labute approximate surface area is 104 Å². The highest BCUT2D eigenvalue weighted by atomic mass is 16.4. The first kappa shape index (κ1) is 16.2. The van der Waals surface area contributed by atoms with Gasteiger partial charge in [-0.2, -0.15) is 0 Å². The van der Waals surface area contributed by atoms with Gasteiger partial charge >= 0.3 is 18.0 Å². The summed E-state index contributed by atoms with van der Waals surface area (Å²) in [4.78, 5) is 34.7. The van der Waals surface area contributed by atoms with E-state index in [1.54, 1.807) is 6.92 Å². The van der Waals surface area contributed by atoms with E-state index in [0.29, 0.717) is 11.3 Å². The molecule has 0 radical (unpaired) electrons. The second kappa shape index (κ2) is 7.49. The molecule has 0 aliphatic carbocycles. The minimum absolute atomic E-state index is 0.215. The Kier molecular flexibility index (Phi) is 6.73. The lowest BCUT2D eigenvalue weighted by Crippen LogP contribution is -2.46. The monoisotopic (exact) mass is 262 g/mol. The number of carboxylic acid groups (broad SMARTS) is 2. The van der Waals surface area contributed by atoms with Crippen LogP contribution in [-0.4, -0.2) is 75.9 Å². The summed E-state index contributed by atoms with van der Waals surface area (Å²) in [6.07, 6.45) is -0.261. The van der Waals surface area contributed by atoms with Crippen molar-refractivity contribution < 1.29 is 29.7 Å². The van der Waals surface area contributed by atoms with E-state index in [0.717, 1.165) is 0 Å². The second-order valence-corrected chi connectivity index (χ2v) is 3.99. The lowest BCUT2D eigenvalue weighted by Gasteiger charge is -2.26. The average molecular weight is 262 g/mol. The maximum absolute atomic E-state index is 11.8. The van der Waals surface area contributed by atoms with Crippen molar-refractivity contribution in [3.8, 4) is 0 Å². The third-order valence-corrected chi connectivity index (χ3v) is 2.13. The van der Waals surface area contributed by atoms with Gasteiger partial charge in [0.05, 0.1) is 6.10 Å². The van der Waals surface area contributed by atoms with Gasteiger partial charge in [-0.05, 0) is 13.3 Å². The molecule has 0 aliphatic heterocycles. The van der Waals surface area contributed by atoms with Gasteiger partial charge < -0.3 is 25.1 Å². The zero-order valence-corrected chi connectivity index (χ0v) is 10.4. The number of nitrogens with zero attached hydrogens (tertiary/aromatic N) is 2. The first-order valence-electron chi connectivity index (χ1n) is 5.35. The minimum Gasteiger partial charge on any atom is -0.480 e. The lowest BCUT2D eigenvalue weighted by atomic mass is 10.3. The number of carbonyl (C=O) groups excluding carboxylic acids is 1. The summed E-state index contributed by atoms with van der Waals surface area (Å²) in [7, 11) is 1.42. The largest absolute Gasteiger partial charge is 0.480 e. The summed E-state index contributed by atoms with van der Waals surface area (Å²) < 4.78 is 0. The van der Waals surface area contributed by atoms with Gasteiger partial charge in [-0.3, -0.25) is 9.59 Å². The lowest BCUT2D eigenvalue weighted by molar-refractivity contribution is -0.140. The zero-order valence-electron chi connectivity index (χ0n) is 10.4. The highest BCUT2D eigenvalue weighted by molar-refractivity contribution is 5.84. The van der Waals surface area contributed by atoms with Crippen molar-refractivity contribution in [1.82, 2.24) is 9.80 Å². The molecule has 0 aromatic rings. The molecule has 18 heavy (non-hydrogen) atoms. The molecule has 1 unspecified atom stereocenters. The fraction of sp³-hybridized carbons (Fsp3) is 0.700. The van der Waals surface area contributed by atoms with Crippen LogP contribution in [0.4, 0.5) is 4.79 Å². The van der Waals surface area contributed by atoms with Crippen LogP contribution in [0.15, 0.2) is 0 Å². The van der Waals surface area contributed by atoms with Gasteiger partial charge in [0.25, 0.3) is 0 Å². The first-order chi connectivity index (χ1) is 8.23. The van der Waals surface area contributed by atoms with Crippen LogP contribution in [0.5, 0.6) is 0 Å². The molecule has 0 aliphatic rings. The summed E-state index contributed by atoms with van der Waals surface area (Å²) in [6, 6.07) is -0.694. The summed E-state index contributed by atoms with van der Waals surface area (Å²) >= 11 is 0. The molecular formula is C10H18N2O6. The van der Waals surface area contributed by atoms with E-state index < -0.39 is 37.2 Å². The molecule has 0 bridgehead atoms. The van der Waals surface area contributed by atoms with E-state index in [9.17, 15) is 14.4 Å². The SMILES string of the molecule is CC(O)CCN(C)C(=O)N(CC(=O)O)CC(=O)O. The van der Waals surface area contributed by atoms with E-state index in [-0.39, 0.29) is 6.54 Å². The van der Waals surface area contributed by atoms with Crippen molar-refractivity contribution in [3.63, 3.8) is 0 Å². The molecule has 8 nitrogen and oxygen atoms in total. The van der Waals surface area contributed by atoms with Crippen LogP contribution >= 0.6 is 0 Å². The number of carboxylic acids is 2. The van der Waals surface area contributed by atoms with Gasteiger partial charge in [0.1, 0.15) is 13.1 Å². The third-order valence-electron chi connectivity index (χ3n) is 2.13. The highest BCUT2D eigenvalue weighted by Crippen LogP contribution is 2.00. The van der Waals surface area contributed by atoms with Crippen LogP contribution in [0.1, 0.15) is 13.3 Å². The van der Waals surface area contributed by atoms with Crippen molar-refractivity contribution in [2.75, 3.05) is 26.7 Å². The van der Waals surface area contributed by atoms with Gasteiger partial charge in [-0.15, -0.1) is 0 Å². The maximum Gasteiger partial charge on any atom is 0.323 e. The number of aliphatic carboxylic acids is 2. The number of amides is 2. The van der Waals surface area contributed by atoms with Gasteiger partial charge in [0.15, 0.2) is 0 Å². The number of urea groups is 1. The number of carbonyl (C=O) groups is 3. The molecule has 0 aromatic carbocycles. The molecule has 8 heteroatoms. The molecule has 3 N–H and O–H groups in total. The smallest absolute Gasteiger partial charge is 0.323 e. The van der Waals surface area contributed by atoms with Crippen molar-refractivity contribution in [2.45, 2.75) is 19.4 Å². The normalized spacial score (nSPS) is 11.7. The molecule has 0 fully saturated rings. The number of rotatable bonds is 7. The predicted octanol–water partition coefficient (Wildman–Crippen LogP) is -0.720. The molecule has 0 aromatic heterocycles. The second-order valence-electron chi connectivity index (χ2n) is 3.99. The molecule has 0 heterocycles. The molecule has 0 spiro atoms. The Bertz CT molecular complexity index is 301. The number of hydrogen-bond acceptors (Lipinski definition) is 4. The Morgan fingerprint density at radius 2 is 1.56 bits per heavy atom. The number of aliphatic hydroxyl groups is 1. The van der Waals surface area contributed by atoms with E-state index in [1.807, 2.05) is 0 Å². The van der Waals surface area contributed by atoms with Crippen LogP contribution < -0.4 is 0 Å². The maximum atomic E-state index is 11.8. The van der Waals surface area contributed by atoms with Crippen molar-refractivity contribution >= 4 is 18.0 Å². The number of aliphatic hydroxyl groups excluding tert-OH is 1. The van der Waals surface area contributed by atoms with Crippen LogP contribution in [-0.2, 0) is 9.59 Å². The van der Waals surface area contributed by atoms with Crippen LogP contribution in [0.2, 0.25) is 0 Å². The fourth-order valence-corrected chi connectivity index (χ4v) is 1.24. The van der Waals surface area contributed by atoms with E-state index in [4.69, 9.17) is 15.3 Å². The van der Waals surface area contributed by atoms with Gasteiger partial charge in [-0.1, -0.05) is 0 Å². The topological polar surface area (TPSA) is 118 Å². The molecule has 0 saturated carbocycles. The molecule has 1 atom stereocenters. The summed E-state index contributed by atoms with van der Waals surface area (Å²) in [5.74, 6) is -2.57. The molecule has 104 valence electrons. The Hall–Kier alpha value is -1.83. The molecule has 0 rings (SSSR count). The van der Waals surface area contributed by atoms with Crippen molar-refractivity contribution in [1.29, 1.82) is 0 Å². The van der Waals surface area contributed by atoms with Gasteiger partial charge in [-0.25, -0.2) is 4.79 Å². The zero-order chi connectivity index (χ0) is 14.3. The Morgan fingerprint density at radius 1 is 1.11 bits per heavy atom. The van der Waals surface area contributed by atoms with E-state index >= 15 is 0 Å². The van der Waals surface area contributed by atoms with Crippen LogP contribution in [0.3, 0.4) is 0 Å². The minimum atomic E-state index is -1.28. The standard InChI is InChI=1S/C10H18N2O6/c1-7(13)3-4-11(2)10(18)12(5-8(14)15)6-9(16)17/h7,13H,3-6H2,1-2H3,(H,14,15)(H,16,17). The van der Waals surface area contributed by atoms with E-state index in [2.05, 4.69) is 0 Å². The number of hydrogen-bond donors (Lipinski definition) is 3. The van der Waals surface area contributed by atoms with Gasteiger partial charge in [0.2, 0.25) is 0 Å². The Morgan fingerprint density at radius 3 is 1.89 bits per heavy atom.